The fourth-order valence-corrected chi connectivity index (χ4v) is 6.06. The number of nitrogens with two attached hydrogens (primary N) is 1. The molecule has 1 saturated heterocycles. The third-order valence-corrected chi connectivity index (χ3v) is 8.19. The van der Waals surface area contributed by atoms with E-state index in [1.807, 2.05) is 41.5 Å². The Bertz CT molecular complexity index is 1180. The third kappa shape index (κ3) is 6.22. The first-order valence-corrected chi connectivity index (χ1v) is 13.8. The summed E-state index contributed by atoms with van der Waals surface area (Å²) in [5, 5.41) is 24.9. The van der Waals surface area contributed by atoms with Gasteiger partial charge in [-0.15, -0.1) is 11.8 Å². The Morgan fingerprint density at radius 2 is 1.76 bits per heavy atom. The number of phenols is 1. The highest BCUT2D eigenvalue weighted by molar-refractivity contribution is 8.00. The molecule has 1 aliphatic rings. The van der Waals surface area contributed by atoms with E-state index in [-0.39, 0.29) is 23.1 Å². The van der Waals surface area contributed by atoms with Crippen molar-refractivity contribution in [2.45, 2.75) is 76.4 Å². The number of ketones is 1. The molecule has 2 aromatic carbocycles. The first-order chi connectivity index (χ1) is 17.7. The number of hydrogen-bond donors (Lipinski definition) is 4. The van der Waals surface area contributed by atoms with E-state index in [0.717, 1.165) is 0 Å². The number of nitrogens with one attached hydrogen (secondary N) is 1. The molecule has 0 radical (unpaired) electrons. The predicted molar refractivity (Wildman–Crippen MR) is 150 cm³/mol. The van der Waals surface area contributed by atoms with Gasteiger partial charge in [-0.2, -0.15) is 0 Å². The van der Waals surface area contributed by atoms with Gasteiger partial charge < -0.3 is 26.2 Å². The molecule has 3 unspecified atom stereocenters. The average Bonchev–Trinajstić information content (AvgIpc) is 3.17. The summed E-state index contributed by atoms with van der Waals surface area (Å²) < 4.78 is -0.619. The molecule has 0 saturated carbocycles. The second-order valence-corrected chi connectivity index (χ2v) is 12.9. The Hall–Kier alpha value is -2.88. The van der Waals surface area contributed by atoms with E-state index in [4.69, 9.17) is 5.73 Å². The monoisotopic (exact) mass is 541 g/mol. The van der Waals surface area contributed by atoms with E-state index in [2.05, 4.69) is 5.32 Å². The van der Waals surface area contributed by atoms with Crippen LogP contribution in [0, 0.1) is 5.92 Å². The summed E-state index contributed by atoms with van der Waals surface area (Å²) >= 11 is 1.43. The summed E-state index contributed by atoms with van der Waals surface area (Å²) in [7, 11) is 0. The summed E-state index contributed by atoms with van der Waals surface area (Å²) in [6.07, 6.45) is -1.44. The zero-order chi connectivity index (χ0) is 28.4. The number of thioether (sulfide) groups is 1. The van der Waals surface area contributed by atoms with Crippen molar-refractivity contribution in [3.05, 3.63) is 65.2 Å². The van der Waals surface area contributed by atoms with E-state index >= 15 is 0 Å². The minimum Gasteiger partial charge on any atom is -0.508 e. The van der Waals surface area contributed by atoms with Crippen LogP contribution in [0.5, 0.6) is 5.75 Å². The van der Waals surface area contributed by atoms with Crippen molar-refractivity contribution in [3.8, 4) is 5.75 Å². The number of Topliss-reactive ketones (excluding diaryl/α,β-unsaturated/α-hetero) is 1. The van der Waals surface area contributed by atoms with E-state index < -0.39 is 46.1 Å². The molecule has 1 fully saturated rings. The zero-order valence-electron chi connectivity index (χ0n) is 22.9. The van der Waals surface area contributed by atoms with Gasteiger partial charge in [-0.1, -0.05) is 49.4 Å². The van der Waals surface area contributed by atoms with Gasteiger partial charge >= 0.3 is 0 Å². The van der Waals surface area contributed by atoms with Crippen LogP contribution < -0.4 is 11.1 Å². The number of carbonyl (C=O) groups excluding carboxylic acids is 3. The van der Waals surface area contributed by atoms with Gasteiger partial charge in [0.15, 0.2) is 5.78 Å². The maximum Gasteiger partial charge on any atom is 0.253 e. The van der Waals surface area contributed by atoms with Crippen molar-refractivity contribution in [1.82, 2.24) is 10.2 Å². The largest absolute Gasteiger partial charge is 0.508 e. The molecule has 5 N–H and O–H groups in total. The molecule has 4 atom stereocenters. The van der Waals surface area contributed by atoms with Crippen LogP contribution in [-0.4, -0.2) is 61.0 Å². The second kappa shape index (κ2) is 11.5. The number of aromatic hydroxyl groups is 1. The lowest BCUT2D eigenvalue weighted by Gasteiger charge is -2.35. The fraction of sp³-hybridized carbons (Fsp3) is 0.483. The topological polar surface area (TPSA) is 133 Å². The Morgan fingerprint density at radius 3 is 2.34 bits per heavy atom. The molecule has 8 nitrogen and oxygen atoms in total. The summed E-state index contributed by atoms with van der Waals surface area (Å²) in [5.74, 6) is -2.82. The van der Waals surface area contributed by atoms with Crippen LogP contribution in [0.2, 0.25) is 0 Å². The van der Waals surface area contributed by atoms with Gasteiger partial charge in [0.05, 0.1) is 11.8 Å². The number of aliphatic hydroxyl groups is 1. The van der Waals surface area contributed by atoms with Crippen LogP contribution in [0.15, 0.2) is 48.5 Å². The lowest BCUT2D eigenvalue weighted by Crippen LogP contribution is -2.59. The van der Waals surface area contributed by atoms with Gasteiger partial charge in [-0.05, 0) is 52.7 Å². The lowest BCUT2D eigenvalue weighted by molar-refractivity contribution is -0.148. The molecule has 0 aliphatic carbocycles. The number of nitrogens with zero attached hydrogens (tertiary/aromatic N) is 1. The van der Waals surface area contributed by atoms with E-state index in [1.54, 1.807) is 42.5 Å². The predicted octanol–water partition coefficient (Wildman–Crippen LogP) is 3.41. The molecule has 206 valence electrons. The number of aliphatic hydroxyl groups excluding tert-OH is 1. The van der Waals surface area contributed by atoms with Gasteiger partial charge in [-0.25, -0.2) is 0 Å². The normalized spacial score (nSPS) is 19.5. The molecular formula is C29H39N3O5S. The fourth-order valence-electron chi connectivity index (χ4n) is 4.92. The smallest absolute Gasteiger partial charge is 0.253 e. The Balaban J connectivity index is 2.04. The maximum absolute atomic E-state index is 14.0. The van der Waals surface area contributed by atoms with E-state index in [1.165, 1.54) is 22.7 Å². The van der Waals surface area contributed by atoms with Crippen LogP contribution in [0.3, 0.4) is 0 Å². The summed E-state index contributed by atoms with van der Waals surface area (Å²) in [6.45, 7) is 11.1. The van der Waals surface area contributed by atoms with Crippen LogP contribution in [0.25, 0.3) is 0 Å². The number of phenolic OH excluding ortho intramolecular Hbond substituents is 1. The van der Waals surface area contributed by atoms with Crippen LogP contribution in [0.1, 0.15) is 69.1 Å². The first-order valence-electron chi connectivity index (χ1n) is 12.8. The summed E-state index contributed by atoms with van der Waals surface area (Å²) in [4.78, 5) is 42.5. The summed E-state index contributed by atoms with van der Waals surface area (Å²) in [6, 6.07) is 11.5. The van der Waals surface area contributed by atoms with Gasteiger partial charge in [0, 0.05) is 27.5 Å². The van der Waals surface area contributed by atoms with Crippen molar-refractivity contribution in [2.75, 3.05) is 5.88 Å². The SMILES string of the molecule is CCc1c(O)cccc1C(=O)C(C(O)C(=O)N1CSC(C)(C)[C@H]1C(=O)NC(C)(C)C)C(N)c1ccccc1. The lowest BCUT2D eigenvalue weighted by atomic mass is 9.81. The second-order valence-electron chi connectivity index (χ2n) is 11.3. The molecule has 1 aliphatic heterocycles. The summed E-state index contributed by atoms with van der Waals surface area (Å²) in [5.41, 5.74) is 7.26. The van der Waals surface area contributed by atoms with Gasteiger partial charge in [0.2, 0.25) is 5.91 Å². The Morgan fingerprint density at radius 1 is 1.13 bits per heavy atom. The van der Waals surface area contributed by atoms with Gasteiger partial charge in [-0.3, -0.25) is 14.4 Å². The highest BCUT2D eigenvalue weighted by atomic mass is 32.2. The molecule has 0 bridgehead atoms. The Labute approximate surface area is 229 Å². The molecule has 2 aromatic rings. The number of hydrogen-bond acceptors (Lipinski definition) is 7. The molecule has 0 aromatic heterocycles. The minimum atomic E-state index is -1.82. The highest BCUT2D eigenvalue weighted by Crippen LogP contribution is 2.41. The molecular weight excluding hydrogens is 502 g/mol. The number of amides is 2. The van der Waals surface area contributed by atoms with Crippen molar-refractivity contribution in [1.29, 1.82) is 0 Å². The van der Waals surface area contributed by atoms with Crippen LogP contribution in [-0.2, 0) is 16.0 Å². The van der Waals surface area contributed by atoms with Crippen molar-refractivity contribution >= 4 is 29.4 Å². The molecule has 9 heteroatoms. The minimum absolute atomic E-state index is 0.0391. The standard InChI is InChI=1S/C29H39N3O5S/c1-7-18-19(14-11-15-20(18)33)23(34)21(22(30)17-12-9-8-10-13-17)24(35)27(37)32-16-38-29(5,6)25(32)26(36)31-28(2,3)4/h8-15,21-22,24-25,33,35H,7,16,30H2,1-6H3,(H,31,36)/t21?,22?,24?,25-/m1/s1. The quantitative estimate of drug-likeness (QED) is 0.377. The van der Waals surface area contributed by atoms with Crippen LogP contribution in [0.4, 0.5) is 0 Å². The van der Waals surface area contributed by atoms with Crippen LogP contribution >= 0.6 is 11.8 Å². The third-order valence-electron chi connectivity index (χ3n) is 6.81. The number of benzene rings is 2. The maximum atomic E-state index is 14.0. The van der Waals surface area contributed by atoms with E-state index in [9.17, 15) is 24.6 Å². The van der Waals surface area contributed by atoms with Crippen molar-refractivity contribution < 1.29 is 24.6 Å². The average molecular weight is 542 g/mol. The zero-order valence-corrected chi connectivity index (χ0v) is 23.7. The molecule has 2 amide bonds. The Kier molecular flexibility index (Phi) is 8.96. The van der Waals surface area contributed by atoms with Crippen molar-refractivity contribution in [3.63, 3.8) is 0 Å². The van der Waals surface area contributed by atoms with E-state index in [0.29, 0.717) is 17.5 Å². The highest BCUT2D eigenvalue weighted by Gasteiger charge is 2.51. The van der Waals surface area contributed by atoms with Gasteiger partial charge in [0.25, 0.3) is 5.91 Å². The molecule has 0 spiro atoms. The first kappa shape index (κ1) is 29.7. The molecule has 3 rings (SSSR count). The molecule has 1 heterocycles. The van der Waals surface area contributed by atoms with Gasteiger partial charge in [0.1, 0.15) is 17.9 Å². The number of rotatable bonds is 8. The van der Waals surface area contributed by atoms with Crippen molar-refractivity contribution in [2.24, 2.45) is 11.7 Å². The molecule has 38 heavy (non-hydrogen) atoms. The number of carbonyl (C=O) groups is 3.